The second kappa shape index (κ2) is 8.99. The highest BCUT2D eigenvalue weighted by atomic mass is 35.5. The van der Waals surface area contributed by atoms with Gasteiger partial charge in [-0.05, 0) is 42.8 Å². The first-order chi connectivity index (χ1) is 13.3. The molecule has 1 fully saturated rings. The second-order valence-electron chi connectivity index (χ2n) is 6.32. The molecule has 2 aromatic rings. The minimum atomic E-state index is -0.701. The van der Waals surface area contributed by atoms with Gasteiger partial charge < -0.3 is 15.1 Å². The molecule has 148 valence electrons. The summed E-state index contributed by atoms with van der Waals surface area (Å²) >= 11 is 17.6. The molecule has 0 aromatic heterocycles. The van der Waals surface area contributed by atoms with Crippen LogP contribution in [0.4, 0.5) is 14.9 Å². The average molecular weight is 445 g/mol. The van der Waals surface area contributed by atoms with Gasteiger partial charge in [0.2, 0.25) is 0 Å². The van der Waals surface area contributed by atoms with Crippen LogP contribution in [-0.4, -0.2) is 47.9 Å². The van der Waals surface area contributed by atoms with Crippen LogP contribution in [0.3, 0.4) is 0 Å². The Hall–Kier alpha value is -2.02. The SMILES string of the molecule is O=C(Nc1ccc(Cl)cc1)N1CCCN(C(=O)c2cc(F)c(Cl)cc2Cl)CC1. The topological polar surface area (TPSA) is 52.7 Å². The number of carbonyl (C=O) groups is 2. The van der Waals surface area contributed by atoms with Crippen LogP contribution in [0.2, 0.25) is 15.1 Å². The van der Waals surface area contributed by atoms with Crippen molar-refractivity contribution in [2.24, 2.45) is 0 Å². The van der Waals surface area contributed by atoms with Crippen molar-refractivity contribution >= 4 is 52.4 Å². The summed E-state index contributed by atoms with van der Waals surface area (Å²) in [5.41, 5.74) is 0.692. The van der Waals surface area contributed by atoms with Crippen LogP contribution >= 0.6 is 34.8 Å². The van der Waals surface area contributed by atoms with Crippen molar-refractivity contribution in [1.82, 2.24) is 9.80 Å². The van der Waals surface area contributed by atoms with E-state index < -0.39 is 5.82 Å². The predicted molar refractivity (Wildman–Crippen MR) is 109 cm³/mol. The Kier molecular flexibility index (Phi) is 6.65. The van der Waals surface area contributed by atoms with Crippen LogP contribution in [0.5, 0.6) is 0 Å². The van der Waals surface area contributed by atoms with Crippen molar-refractivity contribution in [3.05, 3.63) is 62.8 Å². The van der Waals surface area contributed by atoms with Crippen LogP contribution in [-0.2, 0) is 0 Å². The standard InChI is InChI=1S/C19H17Cl3FN3O2/c20-12-2-4-13(5-3-12)24-19(28)26-7-1-6-25(8-9-26)18(27)14-10-17(23)16(22)11-15(14)21/h2-5,10-11H,1,6-9H2,(H,24,28). The summed E-state index contributed by atoms with van der Waals surface area (Å²) < 4.78 is 13.7. The van der Waals surface area contributed by atoms with Gasteiger partial charge in [-0.25, -0.2) is 9.18 Å². The minimum absolute atomic E-state index is 0.0580. The first-order valence-electron chi connectivity index (χ1n) is 8.60. The normalized spacial score (nSPS) is 14.6. The average Bonchev–Trinajstić information content (AvgIpc) is 2.92. The fourth-order valence-electron chi connectivity index (χ4n) is 2.92. The number of nitrogens with zero attached hydrogens (tertiary/aromatic N) is 2. The number of urea groups is 1. The van der Waals surface area contributed by atoms with E-state index >= 15 is 0 Å². The molecule has 1 saturated heterocycles. The zero-order chi connectivity index (χ0) is 20.3. The first-order valence-corrected chi connectivity index (χ1v) is 9.74. The van der Waals surface area contributed by atoms with Gasteiger partial charge >= 0.3 is 6.03 Å². The quantitative estimate of drug-likeness (QED) is 0.650. The molecule has 0 radical (unpaired) electrons. The van der Waals surface area contributed by atoms with E-state index in [0.29, 0.717) is 43.3 Å². The Morgan fingerprint density at radius 3 is 2.25 bits per heavy atom. The maximum Gasteiger partial charge on any atom is 0.321 e. The molecule has 0 atom stereocenters. The molecule has 0 unspecified atom stereocenters. The fraction of sp³-hybridized carbons (Fsp3) is 0.263. The van der Waals surface area contributed by atoms with Crippen molar-refractivity contribution in [2.75, 3.05) is 31.5 Å². The van der Waals surface area contributed by atoms with Gasteiger partial charge in [0.05, 0.1) is 15.6 Å². The maximum atomic E-state index is 13.7. The highest BCUT2D eigenvalue weighted by molar-refractivity contribution is 6.36. The molecule has 9 heteroatoms. The van der Waals surface area contributed by atoms with Gasteiger partial charge in [-0.15, -0.1) is 0 Å². The summed E-state index contributed by atoms with van der Waals surface area (Å²) in [5.74, 6) is -1.09. The van der Waals surface area contributed by atoms with Gasteiger partial charge in [-0.2, -0.15) is 0 Å². The number of carbonyl (C=O) groups excluding carboxylic acids is 2. The van der Waals surface area contributed by atoms with E-state index in [1.54, 1.807) is 34.1 Å². The lowest BCUT2D eigenvalue weighted by Crippen LogP contribution is -2.39. The van der Waals surface area contributed by atoms with Crippen molar-refractivity contribution in [1.29, 1.82) is 0 Å². The van der Waals surface area contributed by atoms with Gasteiger partial charge in [-0.1, -0.05) is 34.8 Å². The molecule has 1 heterocycles. The molecule has 3 rings (SSSR count). The number of anilines is 1. The van der Waals surface area contributed by atoms with E-state index in [-0.39, 0.29) is 27.5 Å². The number of benzene rings is 2. The number of nitrogens with one attached hydrogen (secondary N) is 1. The molecule has 1 aliphatic rings. The Morgan fingerprint density at radius 2 is 1.54 bits per heavy atom. The molecule has 0 saturated carbocycles. The molecular formula is C19H17Cl3FN3O2. The van der Waals surface area contributed by atoms with Crippen LogP contribution in [0.25, 0.3) is 0 Å². The number of hydrogen-bond donors (Lipinski definition) is 1. The summed E-state index contributed by atoms with van der Waals surface area (Å²) in [5, 5.41) is 3.35. The first kappa shape index (κ1) is 20.7. The van der Waals surface area contributed by atoms with E-state index in [1.165, 1.54) is 6.07 Å². The summed E-state index contributed by atoms with van der Waals surface area (Å²) in [6.07, 6.45) is 0.591. The molecule has 2 aromatic carbocycles. The third kappa shape index (κ3) is 4.87. The molecule has 1 N–H and O–H groups in total. The highest BCUT2D eigenvalue weighted by Gasteiger charge is 2.25. The lowest BCUT2D eigenvalue weighted by Gasteiger charge is -2.23. The predicted octanol–water partition coefficient (Wildman–Crippen LogP) is 5.17. The molecule has 0 spiro atoms. The minimum Gasteiger partial charge on any atom is -0.337 e. The summed E-state index contributed by atoms with van der Waals surface area (Å²) in [4.78, 5) is 28.4. The van der Waals surface area contributed by atoms with Gasteiger partial charge in [0, 0.05) is 36.9 Å². The number of halogens is 4. The van der Waals surface area contributed by atoms with Gasteiger partial charge in [0.1, 0.15) is 5.82 Å². The lowest BCUT2D eigenvalue weighted by molar-refractivity contribution is 0.0762. The van der Waals surface area contributed by atoms with Crippen LogP contribution in [0, 0.1) is 5.82 Å². The molecule has 0 aliphatic carbocycles. The summed E-state index contributed by atoms with van der Waals surface area (Å²) in [7, 11) is 0. The van der Waals surface area contributed by atoms with Crippen molar-refractivity contribution in [3.8, 4) is 0 Å². The second-order valence-corrected chi connectivity index (χ2v) is 7.57. The Labute approximate surface area is 177 Å². The molecular weight excluding hydrogens is 428 g/mol. The van der Waals surface area contributed by atoms with E-state index in [0.717, 1.165) is 6.07 Å². The highest BCUT2D eigenvalue weighted by Crippen LogP contribution is 2.26. The Balaban J connectivity index is 1.64. The van der Waals surface area contributed by atoms with Crippen molar-refractivity contribution < 1.29 is 14.0 Å². The van der Waals surface area contributed by atoms with E-state index in [2.05, 4.69) is 5.32 Å². The number of amides is 3. The summed E-state index contributed by atoms with van der Waals surface area (Å²) in [6, 6.07) is 8.81. The molecule has 5 nitrogen and oxygen atoms in total. The third-order valence-corrected chi connectivity index (χ3v) is 5.26. The van der Waals surface area contributed by atoms with E-state index in [9.17, 15) is 14.0 Å². The lowest BCUT2D eigenvalue weighted by atomic mass is 10.2. The van der Waals surface area contributed by atoms with Gasteiger partial charge in [0.15, 0.2) is 0 Å². The number of rotatable bonds is 2. The third-order valence-electron chi connectivity index (χ3n) is 4.41. The van der Waals surface area contributed by atoms with Crippen molar-refractivity contribution in [3.63, 3.8) is 0 Å². The Morgan fingerprint density at radius 1 is 0.893 bits per heavy atom. The summed E-state index contributed by atoms with van der Waals surface area (Å²) in [6.45, 7) is 1.59. The molecule has 0 bridgehead atoms. The zero-order valence-electron chi connectivity index (χ0n) is 14.7. The van der Waals surface area contributed by atoms with Crippen LogP contribution in [0.15, 0.2) is 36.4 Å². The van der Waals surface area contributed by atoms with E-state index in [1.807, 2.05) is 0 Å². The molecule has 1 aliphatic heterocycles. The Bertz CT molecular complexity index is 893. The zero-order valence-corrected chi connectivity index (χ0v) is 17.0. The van der Waals surface area contributed by atoms with E-state index in [4.69, 9.17) is 34.8 Å². The maximum absolute atomic E-state index is 13.7. The largest absolute Gasteiger partial charge is 0.337 e. The molecule has 3 amide bonds. The van der Waals surface area contributed by atoms with Gasteiger partial charge in [-0.3, -0.25) is 4.79 Å². The fourth-order valence-corrected chi connectivity index (χ4v) is 3.51. The van der Waals surface area contributed by atoms with Crippen molar-refractivity contribution in [2.45, 2.75) is 6.42 Å². The smallest absolute Gasteiger partial charge is 0.321 e. The van der Waals surface area contributed by atoms with Gasteiger partial charge in [0.25, 0.3) is 5.91 Å². The van der Waals surface area contributed by atoms with Crippen LogP contribution < -0.4 is 5.32 Å². The molecule has 28 heavy (non-hydrogen) atoms. The van der Waals surface area contributed by atoms with Crippen LogP contribution in [0.1, 0.15) is 16.8 Å². The monoisotopic (exact) mass is 443 g/mol. The number of hydrogen-bond acceptors (Lipinski definition) is 2.